The molecule has 2 heterocycles. The molecular formula is C23H26Cl2N4O2. The number of nitrogens with one attached hydrogen (secondary N) is 1. The first kappa shape index (κ1) is 23.1. The van der Waals surface area contributed by atoms with Crippen LogP contribution in [0, 0.1) is 0 Å². The number of halogens is 2. The maximum atomic E-state index is 12.8. The predicted octanol–water partition coefficient (Wildman–Crippen LogP) is 4.16. The maximum absolute atomic E-state index is 12.8. The highest BCUT2D eigenvalue weighted by atomic mass is 35.5. The zero-order chi connectivity index (χ0) is 19.8. The summed E-state index contributed by atoms with van der Waals surface area (Å²) in [6.45, 7) is 2.33. The van der Waals surface area contributed by atoms with E-state index in [0.717, 1.165) is 12.1 Å². The zero-order valence-corrected chi connectivity index (χ0v) is 18.9. The third kappa shape index (κ3) is 4.42. The topological polar surface area (TPSA) is 59.4 Å². The first-order valence-electron chi connectivity index (χ1n) is 10.0. The van der Waals surface area contributed by atoms with E-state index in [9.17, 15) is 4.79 Å². The normalized spacial score (nSPS) is 17.2. The number of benzene rings is 2. The van der Waals surface area contributed by atoms with Gasteiger partial charge in [0.2, 0.25) is 0 Å². The Morgan fingerprint density at radius 1 is 1.10 bits per heavy atom. The number of rotatable bonds is 3. The van der Waals surface area contributed by atoms with Gasteiger partial charge in [0.15, 0.2) is 0 Å². The van der Waals surface area contributed by atoms with Gasteiger partial charge in [-0.1, -0.05) is 48.5 Å². The molecule has 1 saturated heterocycles. The van der Waals surface area contributed by atoms with E-state index in [1.54, 1.807) is 9.58 Å². The quantitative estimate of drug-likeness (QED) is 0.637. The first-order chi connectivity index (χ1) is 14.2. The standard InChI is InChI=1S/C23H24N4O2.2ClH/c1-26-13-16(12-25-26)22-14-27(11-10-24-22)23(28)29-15-21-19-8-4-2-6-17(19)18-7-3-5-9-20(18)21;;/h2-9,12-13,21-22,24H,10-11,14-15H2,1H3;2*1H. The molecule has 1 N–H and O–H groups in total. The Kier molecular flexibility index (Phi) is 7.26. The van der Waals surface area contributed by atoms with Gasteiger partial charge in [0.05, 0.1) is 12.2 Å². The Labute approximate surface area is 194 Å². The molecule has 3 aromatic rings. The van der Waals surface area contributed by atoms with Crippen LogP contribution in [0.25, 0.3) is 11.1 Å². The highest BCUT2D eigenvalue weighted by molar-refractivity contribution is 5.85. The van der Waals surface area contributed by atoms with Gasteiger partial charge in [-0.15, -0.1) is 24.8 Å². The molecule has 1 amide bonds. The zero-order valence-electron chi connectivity index (χ0n) is 17.2. The number of carbonyl (C=O) groups excluding carboxylic acids is 1. The van der Waals surface area contributed by atoms with Gasteiger partial charge in [0, 0.05) is 44.4 Å². The van der Waals surface area contributed by atoms with Crippen molar-refractivity contribution in [3.63, 3.8) is 0 Å². The number of piperazine rings is 1. The van der Waals surface area contributed by atoms with Crippen LogP contribution < -0.4 is 5.32 Å². The molecule has 6 nitrogen and oxygen atoms in total. The van der Waals surface area contributed by atoms with E-state index in [0.29, 0.717) is 19.7 Å². The number of ether oxygens (including phenoxy) is 1. The van der Waals surface area contributed by atoms with Crippen LogP contribution in [-0.4, -0.2) is 47.0 Å². The van der Waals surface area contributed by atoms with E-state index < -0.39 is 0 Å². The molecule has 31 heavy (non-hydrogen) atoms. The van der Waals surface area contributed by atoms with E-state index in [1.165, 1.54) is 22.3 Å². The number of hydrogen-bond donors (Lipinski definition) is 1. The molecule has 1 fully saturated rings. The number of hydrogen-bond acceptors (Lipinski definition) is 4. The molecule has 0 spiro atoms. The summed E-state index contributed by atoms with van der Waals surface area (Å²) in [5.41, 5.74) is 6.03. The number of fused-ring (bicyclic) bond motifs is 3. The van der Waals surface area contributed by atoms with Crippen molar-refractivity contribution in [1.82, 2.24) is 20.0 Å². The van der Waals surface area contributed by atoms with Crippen molar-refractivity contribution >= 4 is 30.9 Å². The van der Waals surface area contributed by atoms with Crippen molar-refractivity contribution in [2.45, 2.75) is 12.0 Å². The van der Waals surface area contributed by atoms with Crippen LogP contribution in [0.15, 0.2) is 60.9 Å². The lowest BCUT2D eigenvalue weighted by molar-refractivity contribution is 0.0883. The fraction of sp³-hybridized carbons (Fsp3) is 0.304. The van der Waals surface area contributed by atoms with Gasteiger partial charge in [-0.25, -0.2) is 4.79 Å². The maximum Gasteiger partial charge on any atom is 0.409 e. The number of amides is 1. The van der Waals surface area contributed by atoms with Crippen molar-refractivity contribution in [3.05, 3.63) is 77.6 Å². The van der Waals surface area contributed by atoms with Crippen molar-refractivity contribution in [1.29, 1.82) is 0 Å². The number of nitrogens with zero attached hydrogens (tertiary/aromatic N) is 3. The summed E-state index contributed by atoms with van der Waals surface area (Å²) in [4.78, 5) is 14.6. The Balaban J connectivity index is 0.00000136. The second-order valence-electron chi connectivity index (χ2n) is 7.70. The van der Waals surface area contributed by atoms with Gasteiger partial charge in [-0.3, -0.25) is 4.68 Å². The molecular weight excluding hydrogens is 435 g/mol. The molecule has 1 aliphatic heterocycles. The third-order valence-corrected chi connectivity index (χ3v) is 5.90. The Morgan fingerprint density at radius 3 is 2.35 bits per heavy atom. The molecule has 8 heteroatoms. The number of aryl methyl sites for hydroxylation is 1. The minimum absolute atomic E-state index is 0. The molecule has 0 bridgehead atoms. The van der Waals surface area contributed by atoms with Gasteiger partial charge in [0.1, 0.15) is 6.61 Å². The van der Waals surface area contributed by atoms with Crippen molar-refractivity contribution in [2.75, 3.05) is 26.2 Å². The molecule has 0 saturated carbocycles. The van der Waals surface area contributed by atoms with Crippen LogP contribution in [-0.2, 0) is 11.8 Å². The lowest BCUT2D eigenvalue weighted by Crippen LogP contribution is -2.48. The molecule has 2 aliphatic rings. The second kappa shape index (κ2) is 9.73. The largest absolute Gasteiger partial charge is 0.448 e. The van der Waals surface area contributed by atoms with Crippen LogP contribution in [0.3, 0.4) is 0 Å². The summed E-state index contributed by atoms with van der Waals surface area (Å²) in [6, 6.07) is 16.9. The predicted molar refractivity (Wildman–Crippen MR) is 125 cm³/mol. The smallest absolute Gasteiger partial charge is 0.409 e. The molecule has 0 radical (unpaired) electrons. The average molecular weight is 461 g/mol. The van der Waals surface area contributed by atoms with Crippen molar-refractivity contribution in [2.24, 2.45) is 7.05 Å². The Hall–Kier alpha value is -2.54. The van der Waals surface area contributed by atoms with Crippen LogP contribution in [0.2, 0.25) is 0 Å². The lowest BCUT2D eigenvalue weighted by Gasteiger charge is -2.32. The summed E-state index contributed by atoms with van der Waals surface area (Å²) < 4.78 is 7.59. The van der Waals surface area contributed by atoms with E-state index in [2.05, 4.69) is 46.8 Å². The molecule has 1 aromatic heterocycles. The molecule has 1 atom stereocenters. The minimum Gasteiger partial charge on any atom is -0.448 e. The molecule has 164 valence electrons. The number of carbonyl (C=O) groups is 1. The van der Waals surface area contributed by atoms with Gasteiger partial charge >= 0.3 is 6.09 Å². The van der Waals surface area contributed by atoms with Crippen LogP contribution >= 0.6 is 24.8 Å². The van der Waals surface area contributed by atoms with Gasteiger partial charge in [0.25, 0.3) is 0 Å². The van der Waals surface area contributed by atoms with Crippen LogP contribution in [0.4, 0.5) is 4.79 Å². The fourth-order valence-corrected chi connectivity index (χ4v) is 4.44. The average Bonchev–Trinajstić information content (AvgIpc) is 3.34. The SMILES string of the molecule is Cl.Cl.Cn1cc(C2CN(C(=O)OCC3c4ccccc4-c4ccccc43)CCN2)cn1. The number of aromatic nitrogens is 2. The molecule has 2 aromatic carbocycles. The summed E-state index contributed by atoms with van der Waals surface area (Å²) >= 11 is 0. The van der Waals surface area contributed by atoms with Gasteiger partial charge in [-0.05, 0) is 22.3 Å². The van der Waals surface area contributed by atoms with E-state index in [4.69, 9.17) is 4.74 Å². The summed E-state index contributed by atoms with van der Waals surface area (Å²) in [5.74, 6) is 0.0865. The lowest BCUT2D eigenvalue weighted by atomic mass is 9.98. The summed E-state index contributed by atoms with van der Waals surface area (Å²) in [7, 11) is 1.90. The van der Waals surface area contributed by atoms with E-state index in [-0.39, 0.29) is 42.9 Å². The summed E-state index contributed by atoms with van der Waals surface area (Å²) in [6.07, 6.45) is 3.58. The molecule has 1 aliphatic carbocycles. The highest BCUT2D eigenvalue weighted by Gasteiger charge is 2.31. The molecule has 5 rings (SSSR count). The third-order valence-electron chi connectivity index (χ3n) is 5.90. The Morgan fingerprint density at radius 2 is 1.74 bits per heavy atom. The monoisotopic (exact) mass is 460 g/mol. The van der Waals surface area contributed by atoms with Crippen LogP contribution in [0.5, 0.6) is 0 Å². The van der Waals surface area contributed by atoms with Gasteiger partial charge in [-0.2, -0.15) is 5.10 Å². The fourth-order valence-electron chi connectivity index (χ4n) is 4.44. The highest BCUT2D eigenvalue weighted by Crippen LogP contribution is 2.44. The molecule has 1 unspecified atom stereocenters. The van der Waals surface area contributed by atoms with E-state index in [1.807, 2.05) is 31.6 Å². The minimum atomic E-state index is -0.248. The van der Waals surface area contributed by atoms with E-state index >= 15 is 0 Å². The first-order valence-corrected chi connectivity index (χ1v) is 10.0. The van der Waals surface area contributed by atoms with Crippen LogP contribution in [0.1, 0.15) is 28.7 Å². The van der Waals surface area contributed by atoms with Crippen molar-refractivity contribution in [3.8, 4) is 11.1 Å². The Bertz CT molecular complexity index is 1010. The second-order valence-corrected chi connectivity index (χ2v) is 7.70. The van der Waals surface area contributed by atoms with Gasteiger partial charge < -0.3 is 15.0 Å². The van der Waals surface area contributed by atoms with Crippen molar-refractivity contribution < 1.29 is 9.53 Å². The summed E-state index contributed by atoms with van der Waals surface area (Å²) in [5, 5.41) is 7.69.